The molecule has 2 amide bonds. The van der Waals surface area contributed by atoms with E-state index in [1.807, 2.05) is 0 Å². The molecule has 1 aromatic carbocycles. The summed E-state index contributed by atoms with van der Waals surface area (Å²) in [5.41, 5.74) is 0.106. The normalized spacial score (nSPS) is 18.1. The first-order chi connectivity index (χ1) is 12.5. The second-order valence-corrected chi connectivity index (χ2v) is 6.78. The smallest absolute Gasteiger partial charge is 0.245 e. The van der Waals surface area contributed by atoms with Crippen LogP contribution >= 0.6 is 0 Å². The van der Waals surface area contributed by atoms with E-state index in [4.69, 9.17) is 0 Å². The van der Waals surface area contributed by atoms with Crippen LogP contribution in [0.5, 0.6) is 0 Å². The van der Waals surface area contributed by atoms with E-state index in [0.29, 0.717) is 39.0 Å². The number of nitrogens with one attached hydrogen (secondary N) is 1. The zero-order valence-corrected chi connectivity index (χ0v) is 14.6. The number of hydrogen-bond acceptors (Lipinski definition) is 3. The lowest BCUT2D eigenvalue weighted by atomic mass is 9.95. The van der Waals surface area contributed by atoms with E-state index < -0.39 is 11.6 Å². The predicted molar refractivity (Wildman–Crippen MR) is 95.9 cm³/mol. The molecule has 0 unspecified atom stereocenters. The first-order valence-corrected chi connectivity index (χ1v) is 8.96. The van der Waals surface area contributed by atoms with Crippen molar-refractivity contribution in [3.8, 4) is 0 Å². The van der Waals surface area contributed by atoms with E-state index in [2.05, 4.69) is 11.9 Å². The second-order valence-electron chi connectivity index (χ2n) is 6.78. The lowest BCUT2D eigenvalue weighted by molar-refractivity contribution is -0.130. The fourth-order valence-corrected chi connectivity index (χ4v) is 3.62. The lowest BCUT2D eigenvalue weighted by Crippen LogP contribution is -2.40. The van der Waals surface area contributed by atoms with Crippen molar-refractivity contribution >= 4 is 23.2 Å². The first-order valence-electron chi connectivity index (χ1n) is 8.96. The summed E-state index contributed by atoms with van der Waals surface area (Å²) in [7, 11) is 0. The number of piperidine rings is 1. The summed E-state index contributed by atoms with van der Waals surface area (Å²) in [4.78, 5) is 27.3. The monoisotopic (exact) mass is 363 g/mol. The van der Waals surface area contributed by atoms with Crippen LogP contribution in [-0.4, -0.2) is 42.9 Å². The molecule has 3 rings (SSSR count). The zero-order valence-electron chi connectivity index (χ0n) is 14.6. The minimum Gasteiger partial charge on any atom is -0.367 e. The van der Waals surface area contributed by atoms with Gasteiger partial charge in [-0.25, -0.2) is 8.78 Å². The molecule has 26 heavy (non-hydrogen) atoms. The molecule has 7 heteroatoms. The van der Waals surface area contributed by atoms with Crippen LogP contribution in [0.3, 0.4) is 0 Å². The first kappa shape index (κ1) is 18.4. The van der Waals surface area contributed by atoms with Crippen LogP contribution in [0.2, 0.25) is 0 Å². The number of rotatable bonds is 4. The Morgan fingerprint density at radius 3 is 2.19 bits per heavy atom. The standard InChI is InChI=1S/C19H23F2N3O2/c1-2-17(25)23-9-5-13(6-10-23)19(26)22-14-11-15(20)18(16(21)12-14)24-7-3-4-8-24/h2,11-13H,1,3-10H2,(H,22,26). The molecule has 2 saturated heterocycles. The van der Waals surface area contributed by atoms with Gasteiger partial charge in [0.2, 0.25) is 11.8 Å². The molecule has 0 radical (unpaired) electrons. The Labute approximate surface area is 151 Å². The molecular formula is C19H23F2N3O2. The maximum atomic E-state index is 14.3. The van der Waals surface area contributed by atoms with Gasteiger partial charge in [0, 0.05) is 37.8 Å². The quantitative estimate of drug-likeness (QED) is 0.837. The Bertz CT molecular complexity index is 686. The average Bonchev–Trinajstić information content (AvgIpc) is 3.14. The second kappa shape index (κ2) is 7.85. The van der Waals surface area contributed by atoms with Gasteiger partial charge >= 0.3 is 0 Å². The van der Waals surface area contributed by atoms with Crippen LogP contribution in [0.15, 0.2) is 24.8 Å². The van der Waals surface area contributed by atoms with E-state index in [9.17, 15) is 18.4 Å². The highest BCUT2D eigenvalue weighted by Crippen LogP contribution is 2.30. The summed E-state index contributed by atoms with van der Waals surface area (Å²) >= 11 is 0. The van der Waals surface area contributed by atoms with Crippen molar-refractivity contribution in [3.05, 3.63) is 36.4 Å². The molecular weight excluding hydrogens is 340 g/mol. The SMILES string of the molecule is C=CC(=O)N1CCC(C(=O)Nc2cc(F)c(N3CCCC3)c(F)c2)CC1. The minimum absolute atomic E-state index is 0.0169. The average molecular weight is 363 g/mol. The van der Waals surface area contributed by atoms with Crippen molar-refractivity contribution in [1.29, 1.82) is 0 Å². The molecule has 0 saturated carbocycles. The van der Waals surface area contributed by atoms with Crippen molar-refractivity contribution < 1.29 is 18.4 Å². The highest BCUT2D eigenvalue weighted by atomic mass is 19.1. The van der Waals surface area contributed by atoms with Gasteiger partial charge in [0.1, 0.15) is 5.69 Å². The van der Waals surface area contributed by atoms with Crippen molar-refractivity contribution in [2.24, 2.45) is 5.92 Å². The van der Waals surface area contributed by atoms with Crippen molar-refractivity contribution in [1.82, 2.24) is 4.90 Å². The van der Waals surface area contributed by atoms with Gasteiger partial charge in [-0.2, -0.15) is 0 Å². The highest BCUT2D eigenvalue weighted by molar-refractivity contribution is 5.93. The summed E-state index contributed by atoms with van der Waals surface area (Å²) in [5, 5.41) is 2.61. The van der Waals surface area contributed by atoms with E-state index in [-0.39, 0.29) is 29.1 Å². The maximum Gasteiger partial charge on any atom is 0.245 e. The molecule has 0 bridgehead atoms. The van der Waals surface area contributed by atoms with Crippen LogP contribution < -0.4 is 10.2 Å². The summed E-state index contributed by atoms with van der Waals surface area (Å²) < 4.78 is 28.7. The molecule has 1 N–H and O–H groups in total. The molecule has 0 aliphatic carbocycles. The number of amides is 2. The Kier molecular flexibility index (Phi) is 5.54. The number of anilines is 2. The Balaban J connectivity index is 1.63. The maximum absolute atomic E-state index is 14.3. The van der Waals surface area contributed by atoms with Crippen LogP contribution in [-0.2, 0) is 9.59 Å². The fraction of sp³-hybridized carbons (Fsp3) is 0.474. The highest BCUT2D eigenvalue weighted by Gasteiger charge is 2.27. The summed E-state index contributed by atoms with van der Waals surface area (Å²) in [5.74, 6) is -2.02. The molecule has 2 heterocycles. The van der Waals surface area contributed by atoms with Crippen molar-refractivity contribution in [3.63, 3.8) is 0 Å². The molecule has 2 aliphatic heterocycles. The van der Waals surface area contributed by atoms with Gasteiger partial charge in [-0.15, -0.1) is 0 Å². The van der Waals surface area contributed by atoms with Gasteiger partial charge in [-0.1, -0.05) is 6.58 Å². The number of nitrogens with zero attached hydrogens (tertiary/aromatic N) is 2. The van der Waals surface area contributed by atoms with E-state index in [0.717, 1.165) is 12.8 Å². The van der Waals surface area contributed by atoms with Gasteiger partial charge < -0.3 is 15.1 Å². The Morgan fingerprint density at radius 1 is 1.08 bits per heavy atom. The van der Waals surface area contributed by atoms with Crippen molar-refractivity contribution in [2.45, 2.75) is 25.7 Å². The van der Waals surface area contributed by atoms with Gasteiger partial charge in [0.05, 0.1) is 0 Å². The van der Waals surface area contributed by atoms with Gasteiger partial charge in [-0.3, -0.25) is 9.59 Å². The minimum atomic E-state index is -0.659. The molecule has 140 valence electrons. The number of likely N-dealkylation sites (tertiary alicyclic amines) is 1. The third-order valence-corrected chi connectivity index (χ3v) is 5.06. The molecule has 2 fully saturated rings. The van der Waals surface area contributed by atoms with Crippen LogP contribution in [0.1, 0.15) is 25.7 Å². The number of hydrogen-bond donors (Lipinski definition) is 1. The Morgan fingerprint density at radius 2 is 1.65 bits per heavy atom. The Hall–Kier alpha value is -2.44. The third-order valence-electron chi connectivity index (χ3n) is 5.06. The molecule has 0 atom stereocenters. The number of carbonyl (C=O) groups excluding carboxylic acids is 2. The molecule has 0 aromatic heterocycles. The summed E-state index contributed by atoms with van der Waals surface area (Å²) in [6, 6.07) is 2.34. The number of benzene rings is 1. The fourth-order valence-electron chi connectivity index (χ4n) is 3.62. The van der Waals surface area contributed by atoms with Crippen LogP contribution in [0.25, 0.3) is 0 Å². The van der Waals surface area contributed by atoms with Gasteiger partial charge in [0.25, 0.3) is 0 Å². The van der Waals surface area contributed by atoms with E-state index in [1.54, 1.807) is 9.80 Å². The largest absolute Gasteiger partial charge is 0.367 e. The molecule has 1 aromatic rings. The van der Waals surface area contributed by atoms with Crippen LogP contribution in [0, 0.1) is 17.6 Å². The number of carbonyl (C=O) groups is 2. The summed E-state index contributed by atoms with van der Waals surface area (Å²) in [6.45, 7) is 5.68. The van der Waals surface area contributed by atoms with E-state index >= 15 is 0 Å². The zero-order chi connectivity index (χ0) is 18.7. The van der Waals surface area contributed by atoms with Crippen molar-refractivity contribution in [2.75, 3.05) is 36.4 Å². The van der Waals surface area contributed by atoms with Crippen LogP contribution in [0.4, 0.5) is 20.2 Å². The molecule has 2 aliphatic rings. The van der Waals surface area contributed by atoms with Gasteiger partial charge in [-0.05, 0) is 43.9 Å². The predicted octanol–water partition coefficient (Wildman–Crippen LogP) is 2.93. The lowest BCUT2D eigenvalue weighted by Gasteiger charge is -2.30. The molecule has 0 spiro atoms. The van der Waals surface area contributed by atoms with Gasteiger partial charge in [0.15, 0.2) is 11.6 Å². The van der Waals surface area contributed by atoms with E-state index in [1.165, 1.54) is 18.2 Å². The third kappa shape index (κ3) is 3.86. The summed E-state index contributed by atoms with van der Waals surface area (Å²) in [6.07, 6.45) is 4.13. The molecule has 5 nitrogen and oxygen atoms in total. The topological polar surface area (TPSA) is 52.7 Å². The number of halogens is 2.